The van der Waals surface area contributed by atoms with E-state index in [1.165, 1.54) is 12.8 Å². The van der Waals surface area contributed by atoms with E-state index < -0.39 is 10.0 Å². The van der Waals surface area contributed by atoms with E-state index in [1.54, 1.807) is 24.3 Å². The van der Waals surface area contributed by atoms with Crippen molar-refractivity contribution in [3.8, 4) is 5.75 Å². The number of ether oxygens (including phenoxy) is 1. The summed E-state index contributed by atoms with van der Waals surface area (Å²) < 4.78 is 31.0. The zero-order chi connectivity index (χ0) is 19.0. The number of hydrogen-bond donors (Lipinski definition) is 1. The molecule has 0 unspecified atom stereocenters. The molecular formula is C18H29N3O4S. The first-order valence-corrected chi connectivity index (χ1v) is 10.9. The van der Waals surface area contributed by atoms with Gasteiger partial charge in [0.2, 0.25) is 15.9 Å². The molecule has 1 heterocycles. The van der Waals surface area contributed by atoms with Gasteiger partial charge in [-0.25, -0.2) is 8.42 Å². The Kier molecular flexibility index (Phi) is 7.71. The quantitative estimate of drug-likeness (QED) is 0.619. The number of sulfonamides is 1. The summed E-state index contributed by atoms with van der Waals surface area (Å²) in [5, 5.41) is 2.82. The summed E-state index contributed by atoms with van der Waals surface area (Å²) in [4.78, 5) is 14.6. The van der Waals surface area contributed by atoms with Crippen molar-refractivity contribution < 1.29 is 17.9 Å². The Labute approximate surface area is 156 Å². The van der Waals surface area contributed by atoms with Gasteiger partial charge in [-0.15, -0.1) is 0 Å². The van der Waals surface area contributed by atoms with Gasteiger partial charge in [0, 0.05) is 6.54 Å². The van der Waals surface area contributed by atoms with E-state index in [2.05, 4.69) is 10.2 Å². The largest absolute Gasteiger partial charge is 0.492 e. The maximum atomic E-state index is 12.3. The van der Waals surface area contributed by atoms with Crippen molar-refractivity contribution in [2.24, 2.45) is 0 Å². The maximum Gasteiger partial charge on any atom is 0.240 e. The van der Waals surface area contributed by atoms with Crippen LogP contribution in [0.3, 0.4) is 0 Å². The van der Waals surface area contributed by atoms with Gasteiger partial charge in [-0.3, -0.25) is 9.10 Å². The van der Waals surface area contributed by atoms with Gasteiger partial charge in [-0.05, 0) is 58.0 Å². The number of carbonyl (C=O) groups is 1. The van der Waals surface area contributed by atoms with Crippen molar-refractivity contribution in [1.29, 1.82) is 0 Å². The van der Waals surface area contributed by atoms with Gasteiger partial charge < -0.3 is 15.0 Å². The van der Waals surface area contributed by atoms with Crippen LogP contribution in [0.15, 0.2) is 24.3 Å². The van der Waals surface area contributed by atoms with Gasteiger partial charge in [0.1, 0.15) is 12.3 Å². The Morgan fingerprint density at radius 2 is 1.96 bits per heavy atom. The van der Waals surface area contributed by atoms with Crippen molar-refractivity contribution >= 4 is 21.6 Å². The topological polar surface area (TPSA) is 79.0 Å². The molecule has 0 spiro atoms. The highest BCUT2D eigenvalue weighted by molar-refractivity contribution is 7.92. The molecule has 8 heteroatoms. The van der Waals surface area contributed by atoms with Gasteiger partial charge in [0.05, 0.1) is 18.6 Å². The number of likely N-dealkylation sites (tertiary alicyclic amines) is 1. The monoisotopic (exact) mass is 383 g/mol. The predicted octanol–water partition coefficient (Wildman–Crippen LogP) is 1.45. The number of anilines is 1. The fourth-order valence-electron chi connectivity index (χ4n) is 3.04. The number of carbonyl (C=O) groups excluding carboxylic acids is 1. The number of nitrogens with zero attached hydrogens (tertiary/aromatic N) is 2. The third-order valence-corrected chi connectivity index (χ3v) is 5.42. The fraction of sp³-hybridized carbons (Fsp3) is 0.611. The molecule has 1 aromatic rings. The Balaban J connectivity index is 1.94. The van der Waals surface area contributed by atoms with Gasteiger partial charge in [0.25, 0.3) is 0 Å². The molecule has 1 aliphatic rings. The van der Waals surface area contributed by atoms with Crippen LogP contribution in [-0.4, -0.2) is 64.8 Å². The van der Waals surface area contributed by atoms with Gasteiger partial charge >= 0.3 is 0 Å². The first kappa shape index (κ1) is 20.5. The second kappa shape index (κ2) is 9.78. The van der Waals surface area contributed by atoms with Gasteiger partial charge in [0.15, 0.2) is 0 Å². The minimum absolute atomic E-state index is 0.257. The molecule has 146 valence electrons. The van der Waals surface area contributed by atoms with E-state index >= 15 is 0 Å². The summed E-state index contributed by atoms with van der Waals surface area (Å²) >= 11 is 0. The molecule has 1 aliphatic heterocycles. The lowest BCUT2D eigenvalue weighted by atomic mass is 10.3. The Morgan fingerprint density at radius 3 is 2.62 bits per heavy atom. The third kappa shape index (κ3) is 6.17. The molecule has 1 saturated heterocycles. The van der Waals surface area contributed by atoms with E-state index in [0.717, 1.165) is 36.6 Å². The molecule has 0 aromatic heterocycles. The highest BCUT2D eigenvalue weighted by Gasteiger charge is 2.23. The number of rotatable bonds is 10. The van der Waals surface area contributed by atoms with E-state index in [1.807, 2.05) is 6.92 Å². The Hall–Kier alpha value is -1.80. The number of benzene rings is 1. The average molecular weight is 384 g/mol. The smallest absolute Gasteiger partial charge is 0.240 e. The van der Waals surface area contributed by atoms with Gasteiger partial charge in [-0.1, -0.05) is 12.1 Å². The highest BCUT2D eigenvalue weighted by atomic mass is 32.2. The molecule has 0 bridgehead atoms. The van der Waals surface area contributed by atoms with Crippen molar-refractivity contribution in [1.82, 2.24) is 10.2 Å². The number of amides is 1. The molecule has 0 saturated carbocycles. The summed E-state index contributed by atoms with van der Waals surface area (Å²) in [5.41, 5.74) is 0.379. The molecule has 0 atom stereocenters. The van der Waals surface area contributed by atoms with Crippen molar-refractivity contribution in [2.75, 3.05) is 49.9 Å². The first-order chi connectivity index (χ1) is 12.4. The van der Waals surface area contributed by atoms with Crippen LogP contribution >= 0.6 is 0 Å². The normalized spacial score (nSPS) is 15.0. The van der Waals surface area contributed by atoms with Crippen LogP contribution < -0.4 is 14.4 Å². The van der Waals surface area contributed by atoms with Crippen LogP contribution in [0, 0.1) is 0 Å². The molecule has 1 amide bonds. The highest BCUT2D eigenvalue weighted by Crippen LogP contribution is 2.29. The molecule has 7 nitrogen and oxygen atoms in total. The van der Waals surface area contributed by atoms with Crippen LogP contribution in [0.25, 0.3) is 0 Å². The minimum Gasteiger partial charge on any atom is -0.492 e. The van der Waals surface area contributed by atoms with Crippen molar-refractivity contribution in [3.05, 3.63) is 24.3 Å². The first-order valence-electron chi connectivity index (χ1n) is 9.10. The van der Waals surface area contributed by atoms with E-state index in [-0.39, 0.29) is 12.5 Å². The number of para-hydroxylation sites is 2. The molecular weight excluding hydrogens is 354 g/mol. The maximum absolute atomic E-state index is 12.3. The fourth-order valence-corrected chi connectivity index (χ4v) is 3.90. The summed E-state index contributed by atoms with van der Waals surface area (Å²) in [6.07, 6.45) is 4.44. The molecule has 2 rings (SSSR count). The summed E-state index contributed by atoms with van der Waals surface area (Å²) in [5.74, 6) is 0.130. The van der Waals surface area contributed by atoms with E-state index in [9.17, 15) is 13.2 Å². The Morgan fingerprint density at radius 1 is 1.27 bits per heavy atom. The molecule has 1 aromatic carbocycles. The number of nitrogens with one attached hydrogen (secondary N) is 1. The van der Waals surface area contributed by atoms with Crippen LogP contribution in [0.5, 0.6) is 5.75 Å². The zero-order valence-electron chi connectivity index (χ0n) is 15.6. The summed E-state index contributed by atoms with van der Waals surface area (Å²) in [7, 11) is -3.61. The lowest BCUT2D eigenvalue weighted by molar-refractivity contribution is -0.119. The third-order valence-electron chi connectivity index (χ3n) is 4.29. The van der Waals surface area contributed by atoms with Crippen LogP contribution in [0.2, 0.25) is 0 Å². The van der Waals surface area contributed by atoms with E-state index in [0.29, 0.717) is 24.6 Å². The lowest BCUT2D eigenvalue weighted by Crippen LogP contribution is -2.41. The standard InChI is InChI=1S/C18H29N3O4S/c1-3-25-17-10-5-4-9-16(17)21(26(2,23)24)15-18(22)19-11-8-14-20-12-6-7-13-20/h4-5,9-10H,3,6-8,11-15H2,1-2H3,(H,19,22). The number of hydrogen-bond acceptors (Lipinski definition) is 5. The second-order valence-corrected chi connectivity index (χ2v) is 8.33. The van der Waals surface area contributed by atoms with Gasteiger partial charge in [-0.2, -0.15) is 0 Å². The minimum atomic E-state index is -3.61. The SMILES string of the molecule is CCOc1ccccc1N(CC(=O)NCCCN1CCCC1)S(C)(=O)=O. The average Bonchev–Trinajstić information content (AvgIpc) is 3.10. The summed E-state index contributed by atoms with van der Waals surface area (Å²) in [6, 6.07) is 6.84. The molecule has 0 aliphatic carbocycles. The van der Waals surface area contributed by atoms with Crippen LogP contribution in [-0.2, 0) is 14.8 Å². The van der Waals surface area contributed by atoms with Crippen molar-refractivity contribution in [2.45, 2.75) is 26.2 Å². The molecule has 1 N–H and O–H groups in total. The summed E-state index contributed by atoms with van der Waals surface area (Å²) in [6.45, 7) is 5.75. The molecule has 1 fully saturated rings. The van der Waals surface area contributed by atoms with E-state index in [4.69, 9.17) is 4.74 Å². The van der Waals surface area contributed by atoms with Crippen LogP contribution in [0.1, 0.15) is 26.2 Å². The predicted molar refractivity (Wildman–Crippen MR) is 103 cm³/mol. The van der Waals surface area contributed by atoms with Crippen molar-refractivity contribution in [3.63, 3.8) is 0 Å². The Bertz CT molecular complexity index is 687. The second-order valence-electron chi connectivity index (χ2n) is 6.42. The zero-order valence-corrected chi connectivity index (χ0v) is 16.4. The van der Waals surface area contributed by atoms with Crippen LogP contribution in [0.4, 0.5) is 5.69 Å². The lowest BCUT2D eigenvalue weighted by Gasteiger charge is -2.24. The molecule has 0 radical (unpaired) electrons. The molecule has 26 heavy (non-hydrogen) atoms.